The van der Waals surface area contributed by atoms with E-state index < -0.39 is 10.9 Å². The fourth-order valence-electron chi connectivity index (χ4n) is 2.43. The number of hydrogen-bond donors (Lipinski definition) is 0. The van der Waals surface area contributed by atoms with Gasteiger partial charge in [-0.3, -0.25) is 10.1 Å². The van der Waals surface area contributed by atoms with Crippen molar-refractivity contribution >= 4 is 23.3 Å². The third-order valence-electron chi connectivity index (χ3n) is 3.92. The van der Waals surface area contributed by atoms with Gasteiger partial charge in [0, 0.05) is 11.1 Å². The van der Waals surface area contributed by atoms with Gasteiger partial charge in [-0.15, -0.1) is 0 Å². The van der Waals surface area contributed by atoms with Gasteiger partial charge in [0.05, 0.1) is 10.5 Å². The highest BCUT2D eigenvalue weighted by molar-refractivity contribution is 6.30. The van der Waals surface area contributed by atoms with Crippen molar-refractivity contribution in [2.45, 2.75) is 13.5 Å². The number of rotatable bonds is 6. The zero-order chi connectivity index (χ0) is 20.1. The van der Waals surface area contributed by atoms with Gasteiger partial charge in [0.25, 0.3) is 0 Å². The number of carbonyl (C=O) groups excluding carboxylic acids is 1. The number of nitro benzene ring substituents is 1. The molecule has 0 atom stereocenters. The molecule has 7 heteroatoms. The quantitative estimate of drug-likeness (QED) is 0.302. The Bertz CT molecular complexity index is 1000. The van der Waals surface area contributed by atoms with Crippen LogP contribution in [0.4, 0.5) is 5.69 Å². The molecule has 28 heavy (non-hydrogen) atoms. The van der Waals surface area contributed by atoms with Crippen molar-refractivity contribution in [3.05, 3.63) is 98.6 Å². The first-order valence-corrected chi connectivity index (χ1v) is 8.75. The van der Waals surface area contributed by atoms with E-state index in [1.165, 1.54) is 12.1 Å². The molecule has 0 saturated heterocycles. The van der Waals surface area contributed by atoms with Crippen LogP contribution in [0.25, 0.3) is 0 Å². The van der Waals surface area contributed by atoms with Crippen LogP contribution in [-0.4, -0.2) is 10.9 Å². The first-order valence-electron chi connectivity index (χ1n) is 8.37. The number of aryl methyl sites for hydroxylation is 1. The van der Waals surface area contributed by atoms with E-state index in [9.17, 15) is 14.9 Å². The highest BCUT2D eigenvalue weighted by Gasteiger charge is 2.18. The van der Waals surface area contributed by atoms with E-state index in [4.69, 9.17) is 21.1 Å². The molecule has 6 nitrogen and oxygen atoms in total. The molecule has 142 valence electrons. The van der Waals surface area contributed by atoms with Crippen molar-refractivity contribution in [3.63, 3.8) is 0 Å². The van der Waals surface area contributed by atoms with E-state index in [1.807, 2.05) is 19.1 Å². The summed E-state index contributed by atoms with van der Waals surface area (Å²) in [6.07, 6.45) is 0. The molecule has 3 aromatic carbocycles. The third kappa shape index (κ3) is 4.86. The summed E-state index contributed by atoms with van der Waals surface area (Å²) >= 11 is 5.79. The van der Waals surface area contributed by atoms with Crippen LogP contribution in [0.5, 0.6) is 11.5 Å². The van der Waals surface area contributed by atoms with Gasteiger partial charge in [-0.25, -0.2) is 4.79 Å². The van der Waals surface area contributed by atoms with Crippen molar-refractivity contribution < 1.29 is 19.2 Å². The van der Waals surface area contributed by atoms with E-state index in [2.05, 4.69) is 0 Å². The highest BCUT2D eigenvalue weighted by atomic mass is 35.5. The smallest absolute Gasteiger partial charge is 0.338 e. The second kappa shape index (κ2) is 8.54. The molecule has 0 saturated carbocycles. The standard InChI is InChI=1S/C21H16ClNO5/c1-14-2-9-18(10-3-14)28-20-11-4-15(12-19(20)23(25)26)13-27-21(24)16-5-7-17(22)8-6-16/h2-12H,13H2,1H3. The summed E-state index contributed by atoms with van der Waals surface area (Å²) in [7, 11) is 0. The van der Waals surface area contributed by atoms with Gasteiger partial charge in [0.15, 0.2) is 0 Å². The number of benzene rings is 3. The van der Waals surface area contributed by atoms with E-state index in [0.717, 1.165) is 5.56 Å². The van der Waals surface area contributed by atoms with E-state index in [-0.39, 0.29) is 18.0 Å². The minimum atomic E-state index is -0.542. The number of nitro groups is 1. The van der Waals surface area contributed by atoms with Crippen LogP contribution in [-0.2, 0) is 11.3 Å². The number of nitrogens with zero attached hydrogens (tertiary/aromatic N) is 1. The highest BCUT2D eigenvalue weighted by Crippen LogP contribution is 2.32. The Morgan fingerprint density at radius 1 is 1.04 bits per heavy atom. The zero-order valence-electron chi connectivity index (χ0n) is 14.9. The number of esters is 1. The lowest BCUT2D eigenvalue weighted by Gasteiger charge is -2.09. The Morgan fingerprint density at radius 3 is 2.36 bits per heavy atom. The second-order valence-corrected chi connectivity index (χ2v) is 6.49. The summed E-state index contributed by atoms with van der Waals surface area (Å²) in [5.41, 5.74) is 1.67. The zero-order valence-corrected chi connectivity index (χ0v) is 15.7. The summed E-state index contributed by atoms with van der Waals surface area (Å²) in [5, 5.41) is 11.9. The molecule has 0 fully saturated rings. The van der Waals surface area contributed by atoms with Crippen molar-refractivity contribution in [2.24, 2.45) is 0 Å². The molecule has 0 aliphatic rings. The maximum atomic E-state index is 12.1. The van der Waals surface area contributed by atoms with Gasteiger partial charge in [-0.2, -0.15) is 0 Å². The molecular weight excluding hydrogens is 382 g/mol. The largest absolute Gasteiger partial charge is 0.457 e. The van der Waals surface area contributed by atoms with Crippen LogP contribution in [0.15, 0.2) is 66.7 Å². The van der Waals surface area contributed by atoms with Crippen LogP contribution in [0.2, 0.25) is 5.02 Å². The van der Waals surface area contributed by atoms with Gasteiger partial charge in [0.1, 0.15) is 12.4 Å². The average Bonchev–Trinajstić information content (AvgIpc) is 2.69. The second-order valence-electron chi connectivity index (χ2n) is 6.06. The molecule has 0 aliphatic heterocycles. The van der Waals surface area contributed by atoms with E-state index in [1.54, 1.807) is 42.5 Å². The van der Waals surface area contributed by atoms with E-state index in [0.29, 0.717) is 21.9 Å². The summed E-state index contributed by atoms with van der Waals surface area (Å²) in [6.45, 7) is 1.83. The van der Waals surface area contributed by atoms with Crippen LogP contribution in [0, 0.1) is 17.0 Å². The van der Waals surface area contributed by atoms with Crippen molar-refractivity contribution in [1.82, 2.24) is 0 Å². The summed E-state index contributed by atoms with van der Waals surface area (Å²) in [6, 6.07) is 17.9. The number of hydrogen-bond acceptors (Lipinski definition) is 5. The van der Waals surface area contributed by atoms with E-state index >= 15 is 0 Å². The Hall–Kier alpha value is -3.38. The molecule has 0 aromatic heterocycles. The van der Waals surface area contributed by atoms with Gasteiger partial charge in [-0.05, 0) is 55.0 Å². The molecule has 0 spiro atoms. The van der Waals surface area contributed by atoms with Gasteiger partial charge in [0.2, 0.25) is 5.75 Å². The number of carbonyl (C=O) groups is 1. The molecule has 3 aromatic rings. The first-order chi connectivity index (χ1) is 13.4. The lowest BCUT2D eigenvalue weighted by Crippen LogP contribution is -2.05. The molecule has 0 aliphatic carbocycles. The molecule has 0 radical (unpaired) electrons. The SMILES string of the molecule is Cc1ccc(Oc2ccc(COC(=O)c3ccc(Cl)cc3)cc2[N+](=O)[O-])cc1. The van der Waals surface area contributed by atoms with Crippen molar-refractivity contribution in [1.29, 1.82) is 0 Å². The predicted molar refractivity (Wildman–Crippen MR) is 105 cm³/mol. The molecule has 0 N–H and O–H groups in total. The lowest BCUT2D eigenvalue weighted by molar-refractivity contribution is -0.385. The molecule has 0 amide bonds. The van der Waals surface area contributed by atoms with Crippen molar-refractivity contribution in [2.75, 3.05) is 0 Å². The normalized spacial score (nSPS) is 10.4. The van der Waals surface area contributed by atoms with Crippen LogP contribution in [0.1, 0.15) is 21.5 Å². The molecular formula is C21H16ClNO5. The summed E-state index contributed by atoms with van der Waals surface area (Å²) < 4.78 is 10.8. The summed E-state index contributed by atoms with van der Waals surface area (Å²) in [5.74, 6) is 0.0662. The van der Waals surface area contributed by atoms with Crippen LogP contribution < -0.4 is 4.74 Å². The number of ether oxygens (including phenoxy) is 2. The van der Waals surface area contributed by atoms with Gasteiger partial charge >= 0.3 is 11.7 Å². The molecule has 0 unspecified atom stereocenters. The first kappa shape index (κ1) is 19.4. The molecule has 3 rings (SSSR count). The van der Waals surface area contributed by atoms with Crippen LogP contribution >= 0.6 is 11.6 Å². The van der Waals surface area contributed by atoms with Crippen molar-refractivity contribution in [3.8, 4) is 11.5 Å². The topological polar surface area (TPSA) is 78.7 Å². The fourth-order valence-corrected chi connectivity index (χ4v) is 2.56. The minimum absolute atomic E-state index is 0.104. The number of halogens is 1. The average molecular weight is 398 g/mol. The minimum Gasteiger partial charge on any atom is -0.457 e. The Labute approximate surface area is 166 Å². The van der Waals surface area contributed by atoms with Gasteiger partial charge in [-0.1, -0.05) is 35.4 Å². The Morgan fingerprint density at radius 2 is 1.71 bits per heavy atom. The fraction of sp³-hybridized carbons (Fsp3) is 0.0952. The molecule has 0 bridgehead atoms. The maximum Gasteiger partial charge on any atom is 0.338 e. The Kier molecular flexibility index (Phi) is 5.91. The third-order valence-corrected chi connectivity index (χ3v) is 4.17. The van der Waals surface area contributed by atoms with Crippen LogP contribution in [0.3, 0.4) is 0 Å². The summed E-state index contributed by atoms with van der Waals surface area (Å²) in [4.78, 5) is 22.9. The predicted octanol–water partition coefficient (Wildman–Crippen LogP) is 5.71. The molecule has 0 heterocycles. The Balaban J connectivity index is 1.73. The monoisotopic (exact) mass is 397 g/mol. The lowest BCUT2D eigenvalue weighted by atomic mass is 10.2. The maximum absolute atomic E-state index is 12.1. The van der Waals surface area contributed by atoms with Gasteiger partial charge < -0.3 is 9.47 Å².